The van der Waals surface area contributed by atoms with Crippen LogP contribution in [-0.2, 0) is 19.2 Å². The fourth-order valence-electron chi connectivity index (χ4n) is 7.92. The highest BCUT2D eigenvalue weighted by Crippen LogP contribution is 2.70. The maximum atomic E-state index is 17.2. The van der Waals surface area contributed by atoms with Crippen LogP contribution in [0.4, 0.5) is 4.39 Å². The zero-order valence-electron chi connectivity index (χ0n) is 21.3. The number of halogens is 1. The summed E-state index contributed by atoms with van der Waals surface area (Å²) in [4.78, 5) is 48.8. The Bertz CT molecular complexity index is 1050. The van der Waals surface area contributed by atoms with E-state index in [9.17, 15) is 29.4 Å². The minimum absolute atomic E-state index is 0.106. The average Bonchev–Trinajstić information content (AvgIpc) is 3.03. The number of carbonyl (C=O) groups is 4. The number of rotatable bonds is 7. The largest absolute Gasteiger partial charge is 0.390 e. The summed E-state index contributed by atoms with van der Waals surface area (Å²) in [6, 6.07) is -0.719. The van der Waals surface area contributed by atoms with Crippen LogP contribution in [0.5, 0.6) is 0 Å². The first-order valence-corrected chi connectivity index (χ1v) is 13.7. The molecule has 0 bridgehead atoms. The quantitative estimate of drug-likeness (QED) is 0.441. The number of aliphatic hydroxyl groups excluding tert-OH is 1. The molecule has 4 aliphatic rings. The van der Waals surface area contributed by atoms with Gasteiger partial charge in [0.25, 0.3) is 0 Å². The van der Waals surface area contributed by atoms with Crippen molar-refractivity contribution in [2.75, 3.05) is 5.75 Å². The Kier molecular flexibility index (Phi) is 6.93. The molecule has 9 heteroatoms. The van der Waals surface area contributed by atoms with Gasteiger partial charge in [0.1, 0.15) is 5.60 Å². The summed E-state index contributed by atoms with van der Waals surface area (Å²) in [5, 5.41) is 25.4. The lowest BCUT2D eigenvalue weighted by Gasteiger charge is -2.62. The zero-order valence-corrected chi connectivity index (χ0v) is 22.1. The average molecular weight is 522 g/mol. The van der Waals surface area contributed by atoms with Crippen molar-refractivity contribution in [1.82, 2.24) is 5.32 Å². The van der Waals surface area contributed by atoms with Crippen molar-refractivity contribution in [2.24, 2.45) is 28.6 Å². The molecular weight excluding hydrogens is 485 g/mol. The van der Waals surface area contributed by atoms with E-state index in [0.29, 0.717) is 37.7 Å². The topological polar surface area (TPSA) is 121 Å². The SMILES string of the molecule is CCC(NC=O)C(=O)SCC(=O)[C@@]1(O)[C@@H](C)C[C@H]2[C@@H]3CCC4=CC(=O)C=C[C@]4(C)[C@@]3(F)[C@@H](O)C[C@@]21C. The third-order valence-corrected chi connectivity index (χ3v) is 10.9. The molecule has 198 valence electrons. The summed E-state index contributed by atoms with van der Waals surface area (Å²) in [6.07, 6.45) is 5.03. The van der Waals surface area contributed by atoms with Gasteiger partial charge >= 0.3 is 0 Å². The van der Waals surface area contributed by atoms with E-state index in [1.54, 1.807) is 33.8 Å². The number of hydrogen-bond acceptors (Lipinski definition) is 7. The van der Waals surface area contributed by atoms with Crippen molar-refractivity contribution in [3.8, 4) is 0 Å². The Balaban J connectivity index is 1.63. The van der Waals surface area contributed by atoms with Crippen LogP contribution in [0.15, 0.2) is 23.8 Å². The maximum absolute atomic E-state index is 17.2. The number of amides is 1. The second kappa shape index (κ2) is 9.17. The third-order valence-electron chi connectivity index (χ3n) is 9.96. The van der Waals surface area contributed by atoms with E-state index in [4.69, 9.17) is 0 Å². The number of allylic oxidation sites excluding steroid dienone is 4. The lowest BCUT2D eigenvalue weighted by molar-refractivity contribution is -0.218. The molecule has 0 heterocycles. The van der Waals surface area contributed by atoms with Gasteiger partial charge in [-0.3, -0.25) is 19.2 Å². The second-order valence-electron chi connectivity index (χ2n) is 11.4. The Morgan fingerprint density at radius 1 is 1.33 bits per heavy atom. The summed E-state index contributed by atoms with van der Waals surface area (Å²) in [6.45, 7) is 7.02. The van der Waals surface area contributed by atoms with Crippen LogP contribution in [0.3, 0.4) is 0 Å². The molecule has 0 aliphatic heterocycles. The van der Waals surface area contributed by atoms with Crippen molar-refractivity contribution in [2.45, 2.75) is 83.2 Å². The lowest BCUT2D eigenvalue weighted by atomic mass is 9.44. The summed E-state index contributed by atoms with van der Waals surface area (Å²) >= 11 is 0.765. The Hall–Kier alpha value is -1.84. The van der Waals surface area contributed by atoms with Gasteiger partial charge in [0.15, 0.2) is 17.2 Å². The highest BCUT2D eigenvalue weighted by atomic mass is 32.2. The number of nitrogens with one attached hydrogen (secondary N) is 1. The van der Waals surface area contributed by atoms with Crippen molar-refractivity contribution in [3.63, 3.8) is 0 Å². The molecule has 0 radical (unpaired) electrons. The predicted octanol–water partition coefficient (Wildman–Crippen LogP) is 2.69. The van der Waals surface area contributed by atoms with Gasteiger partial charge in [-0.2, -0.15) is 0 Å². The summed E-state index contributed by atoms with van der Waals surface area (Å²) in [7, 11) is 0. The number of ketones is 2. The molecule has 4 aliphatic carbocycles. The summed E-state index contributed by atoms with van der Waals surface area (Å²) in [5.41, 5.74) is -5.40. The van der Waals surface area contributed by atoms with Crippen molar-refractivity contribution in [1.29, 1.82) is 0 Å². The molecule has 0 aromatic carbocycles. The Labute approximate surface area is 215 Å². The summed E-state index contributed by atoms with van der Waals surface area (Å²) in [5.74, 6) is -2.42. The van der Waals surface area contributed by atoms with Gasteiger partial charge in [0.05, 0.1) is 17.9 Å². The lowest BCUT2D eigenvalue weighted by Crippen LogP contribution is -2.69. The fraction of sp³-hybridized carbons (Fsp3) is 0.704. The highest BCUT2D eigenvalue weighted by molar-refractivity contribution is 8.14. The number of aliphatic hydroxyl groups is 2. The molecule has 3 saturated carbocycles. The van der Waals surface area contributed by atoms with Crippen molar-refractivity contribution < 1.29 is 33.8 Å². The molecule has 1 unspecified atom stereocenters. The molecular formula is C27H36FNO6S. The standard InChI is InChI=1S/C27H36FNO6S/c1-5-20(29-14-30)23(34)36-13-22(33)27(35)15(2)10-19-18-7-6-16-11-17(31)8-9-24(16,3)26(18,28)21(32)12-25(19,27)4/h8-9,11,14-15,18-21,32,35H,5-7,10,12-13H2,1-4H3,(H,29,30)/t15-,18-,19-,20?,21-,24-,25-,26-,27-/m0/s1. The number of thioether (sulfide) groups is 1. The van der Waals surface area contributed by atoms with E-state index in [0.717, 1.165) is 11.8 Å². The third kappa shape index (κ3) is 3.52. The highest BCUT2D eigenvalue weighted by Gasteiger charge is 2.75. The molecule has 1 amide bonds. The van der Waals surface area contributed by atoms with Crippen LogP contribution in [-0.4, -0.2) is 62.5 Å². The van der Waals surface area contributed by atoms with Gasteiger partial charge < -0.3 is 15.5 Å². The molecule has 7 nitrogen and oxygen atoms in total. The molecule has 0 aromatic heterocycles. The van der Waals surface area contributed by atoms with Gasteiger partial charge in [-0.05, 0) is 63.0 Å². The maximum Gasteiger partial charge on any atom is 0.211 e. The first-order chi connectivity index (χ1) is 16.8. The Morgan fingerprint density at radius 2 is 2.03 bits per heavy atom. The van der Waals surface area contributed by atoms with E-state index in [1.165, 1.54) is 12.2 Å². The first kappa shape index (κ1) is 27.2. The minimum atomic E-state index is -2.04. The van der Waals surface area contributed by atoms with Crippen molar-refractivity contribution in [3.05, 3.63) is 23.8 Å². The second-order valence-corrected chi connectivity index (χ2v) is 12.4. The molecule has 9 atom stereocenters. The normalized spacial score (nSPS) is 44.1. The summed E-state index contributed by atoms with van der Waals surface area (Å²) < 4.78 is 17.2. The van der Waals surface area contributed by atoms with Crippen LogP contribution in [0.1, 0.15) is 59.8 Å². The minimum Gasteiger partial charge on any atom is -0.390 e. The number of carbonyl (C=O) groups excluding carboxylic acids is 4. The number of fused-ring (bicyclic) bond motifs is 5. The van der Waals surface area contributed by atoms with E-state index in [2.05, 4.69) is 5.32 Å². The van der Waals surface area contributed by atoms with E-state index in [-0.39, 0.29) is 29.0 Å². The molecule has 0 aromatic rings. The van der Waals surface area contributed by atoms with E-state index >= 15 is 4.39 Å². The molecule has 36 heavy (non-hydrogen) atoms. The first-order valence-electron chi connectivity index (χ1n) is 12.7. The number of alkyl halides is 1. The van der Waals surface area contributed by atoms with Crippen molar-refractivity contribution >= 4 is 34.9 Å². The van der Waals surface area contributed by atoms with Crippen LogP contribution in [0.25, 0.3) is 0 Å². The van der Waals surface area contributed by atoms with E-state index < -0.39 is 51.9 Å². The molecule has 4 rings (SSSR count). The van der Waals surface area contributed by atoms with Gasteiger partial charge in [-0.15, -0.1) is 0 Å². The molecule has 3 fully saturated rings. The number of Topliss-reactive ketones (excluding diaryl/α,β-unsaturated/α-hetero) is 1. The van der Waals surface area contributed by atoms with Gasteiger partial charge in [-0.25, -0.2) is 4.39 Å². The van der Waals surface area contributed by atoms with Crippen LogP contribution >= 0.6 is 11.8 Å². The van der Waals surface area contributed by atoms with Gasteiger partial charge in [0, 0.05) is 16.7 Å². The van der Waals surface area contributed by atoms with Gasteiger partial charge in [0.2, 0.25) is 11.5 Å². The van der Waals surface area contributed by atoms with E-state index in [1.807, 2.05) is 0 Å². The van der Waals surface area contributed by atoms with Gasteiger partial charge in [-0.1, -0.05) is 44.2 Å². The molecule has 0 spiro atoms. The van der Waals surface area contributed by atoms with Crippen LogP contribution < -0.4 is 5.32 Å². The number of hydrogen-bond donors (Lipinski definition) is 3. The van der Waals surface area contributed by atoms with Crippen LogP contribution in [0.2, 0.25) is 0 Å². The monoisotopic (exact) mass is 521 g/mol. The predicted molar refractivity (Wildman–Crippen MR) is 134 cm³/mol. The smallest absolute Gasteiger partial charge is 0.211 e. The zero-order chi connectivity index (χ0) is 26.7. The van der Waals surface area contributed by atoms with Crippen LogP contribution in [0, 0.1) is 28.6 Å². The fourth-order valence-corrected chi connectivity index (χ4v) is 8.85. The molecule has 3 N–H and O–H groups in total. The Morgan fingerprint density at radius 3 is 2.67 bits per heavy atom. The molecule has 0 saturated heterocycles.